The van der Waals surface area contributed by atoms with E-state index < -0.39 is 6.23 Å². The number of amidine groups is 1. The predicted molar refractivity (Wildman–Crippen MR) is 151 cm³/mol. The van der Waals surface area contributed by atoms with E-state index >= 15 is 0 Å². The Hall–Kier alpha value is -3.85. The second-order valence-electron chi connectivity index (χ2n) is 8.23. The third-order valence-electron chi connectivity index (χ3n) is 5.58. The number of halogens is 2. The number of rotatable bonds is 11. The molecule has 3 aromatic carbocycles. The molecule has 0 saturated carbocycles. The standard InChI is InChI=1S/C28H28ClN5O3.ClH/c1-2-36-28(27(35)32-17-19-8-10-21(11-9-19)26(30)31)34-15-14-24(33-34)23-16-22(29)12-13-25(23)37-18-20-6-4-3-5-7-20;/h3-16,28H,2,17-18H2,1H3,(H3,30,31)(H,32,35);1H. The Kier molecular flexibility index (Phi) is 10.3. The minimum absolute atomic E-state index is 0. The van der Waals surface area contributed by atoms with Crippen LogP contribution in [-0.4, -0.2) is 28.1 Å². The van der Waals surface area contributed by atoms with E-state index in [2.05, 4.69) is 10.4 Å². The fourth-order valence-corrected chi connectivity index (χ4v) is 3.86. The van der Waals surface area contributed by atoms with Crippen LogP contribution in [0, 0.1) is 5.41 Å². The summed E-state index contributed by atoms with van der Waals surface area (Å²) in [5.41, 5.74) is 9.35. The molecule has 1 heterocycles. The minimum atomic E-state index is -0.955. The first-order chi connectivity index (χ1) is 17.9. The van der Waals surface area contributed by atoms with Gasteiger partial charge in [0, 0.05) is 35.5 Å². The number of carbonyl (C=O) groups excluding carboxylic acids is 1. The van der Waals surface area contributed by atoms with Gasteiger partial charge in [-0.2, -0.15) is 5.10 Å². The van der Waals surface area contributed by atoms with Crippen molar-refractivity contribution in [1.82, 2.24) is 15.1 Å². The predicted octanol–water partition coefficient (Wildman–Crippen LogP) is 5.34. The van der Waals surface area contributed by atoms with Crippen LogP contribution in [0.15, 0.2) is 85.1 Å². The second kappa shape index (κ2) is 13.6. The average Bonchev–Trinajstić information content (AvgIpc) is 3.40. The molecule has 1 unspecified atom stereocenters. The monoisotopic (exact) mass is 553 g/mol. The lowest BCUT2D eigenvalue weighted by atomic mass is 10.1. The smallest absolute Gasteiger partial charge is 0.272 e. The summed E-state index contributed by atoms with van der Waals surface area (Å²) in [5.74, 6) is 0.290. The molecule has 0 spiro atoms. The summed E-state index contributed by atoms with van der Waals surface area (Å²) in [6, 6.07) is 24.1. The van der Waals surface area contributed by atoms with Crippen molar-refractivity contribution in [3.8, 4) is 17.0 Å². The molecule has 1 aromatic heterocycles. The zero-order chi connectivity index (χ0) is 26.2. The molecule has 4 rings (SSSR count). The number of nitrogens with zero attached hydrogens (tertiary/aromatic N) is 2. The van der Waals surface area contributed by atoms with E-state index in [0.29, 0.717) is 47.4 Å². The van der Waals surface area contributed by atoms with Crippen molar-refractivity contribution < 1.29 is 14.3 Å². The van der Waals surface area contributed by atoms with Gasteiger partial charge in [-0.1, -0.05) is 66.2 Å². The zero-order valence-corrected chi connectivity index (χ0v) is 22.3. The van der Waals surface area contributed by atoms with Gasteiger partial charge in [0.05, 0.1) is 5.69 Å². The maximum atomic E-state index is 13.0. The molecule has 198 valence electrons. The first-order valence-electron chi connectivity index (χ1n) is 11.8. The molecule has 0 bridgehead atoms. The van der Waals surface area contributed by atoms with Crippen molar-refractivity contribution in [3.63, 3.8) is 0 Å². The number of benzene rings is 3. The van der Waals surface area contributed by atoms with Gasteiger partial charge in [0.2, 0.25) is 6.23 Å². The molecule has 0 saturated heterocycles. The van der Waals surface area contributed by atoms with E-state index in [1.807, 2.05) is 55.5 Å². The quantitative estimate of drug-likeness (QED) is 0.171. The number of ether oxygens (including phenoxy) is 2. The molecule has 4 N–H and O–H groups in total. The van der Waals surface area contributed by atoms with E-state index in [1.165, 1.54) is 4.68 Å². The molecule has 1 atom stereocenters. The van der Waals surface area contributed by atoms with Crippen molar-refractivity contribution in [3.05, 3.63) is 107 Å². The largest absolute Gasteiger partial charge is 0.488 e. The highest BCUT2D eigenvalue weighted by atomic mass is 35.5. The van der Waals surface area contributed by atoms with Gasteiger partial charge in [-0.3, -0.25) is 10.2 Å². The molecular formula is C28H29Cl2N5O3. The molecule has 38 heavy (non-hydrogen) atoms. The molecule has 10 heteroatoms. The first kappa shape index (κ1) is 28.7. The molecule has 8 nitrogen and oxygen atoms in total. The fraction of sp³-hybridized carbons (Fsp3) is 0.179. The van der Waals surface area contributed by atoms with Crippen LogP contribution in [0.1, 0.15) is 29.8 Å². The van der Waals surface area contributed by atoms with Gasteiger partial charge in [-0.15, -0.1) is 12.4 Å². The lowest BCUT2D eigenvalue weighted by Crippen LogP contribution is -2.34. The summed E-state index contributed by atoms with van der Waals surface area (Å²) in [4.78, 5) is 13.0. The lowest BCUT2D eigenvalue weighted by Gasteiger charge is -2.17. The number of hydrogen-bond donors (Lipinski definition) is 3. The Bertz CT molecular complexity index is 1360. The number of carbonyl (C=O) groups is 1. The van der Waals surface area contributed by atoms with Crippen molar-refractivity contribution in [2.24, 2.45) is 5.73 Å². The van der Waals surface area contributed by atoms with E-state index in [0.717, 1.165) is 11.1 Å². The van der Waals surface area contributed by atoms with Gasteiger partial charge < -0.3 is 20.5 Å². The van der Waals surface area contributed by atoms with Crippen LogP contribution in [0.2, 0.25) is 5.02 Å². The van der Waals surface area contributed by atoms with E-state index in [-0.39, 0.29) is 24.1 Å². The molecule has 0 radical (unpaired) electrons. The van der Waals surface area contributed by atoms with Crippen LogP contribution in [-0.2, 0) is 22.7 Å². The van der Waals surface area contributed by atoms with E-state index in [4.69, 9.17) is 32.2 Å². The van der Waals surface area contributed by atoms with Gasteiger partial charge in [0.1, 0.15) is 18.2 Å². The minimum Gasteiger partial charge on any atom is -0.488 e. The highest BCUT2D eigenvalue weighted by Gasteiger charge is 2.22. The van der Waals surface area contributed by atoms with Crippen molar-refractivity contribution in [1.29, 1.82) is 5.41 Å². The summed E-state index contributed by atoms with van der Waals surface area (Å²) in [7, 11) is 0. The summed E-state index contributed by atoms with van der Waals surface area (Å²) < 4.78 is 13.3. The van der Waals surface area contributed by atoms with E-state index in [9.17, 15) is 4.79 Å². The number of nitrogen functional groups attached to an aromatic ring is 1. The lowest BCUT2D eigenvalue weighted by molar-refractivity contribution is -0.139. The number of hydrogen-bond acceptors (Lipinski definition) is 5. The Morgan fingerprint density at radius 3 is 2.50 bits per heavy atom. The number of nitrogens with one attached hydrogen (secondary N) is 2. The van der Waals surface area contributed by atoms with Gasteiger partial charge in [0.15, 0.2) is 0 Å². The average molecular weight is 554 g/mol. The fourth-order valence-electron chi connectivity index (χ4n) is 3.68. The van der Waals surface area contributed by atoms with Gasteiger partial charge in [-0.05, 0) is 42.3 Å². The molecule has 4 aromatic rings. The zero-order valence-electron chi connectivity index (χ0n) is 20.8. The molecule has 0 fully saturated rings. The molecular weight excluding hydrogens is 525 g/mol. The molecule has 0 aliphatic carbocycles. The highest BCUT2D eigenvalue weighted by Crippen LogP contribution is 2.32. The maximum absolute atomic E-state index is 13.0. The normalized spacial score (nSPS) is 11.3. The van der Waals surface area contributed by atoms with Gasteiger partial charge >= 0.3 is 0 Å². The van der Waals surface area contributed by atoms with Crippen LogP contribution in [0.3, 0.4) is 0 Å². The molecule has 1 amide bonds. The third-order valence-corrected chi connectivity index (χ3v) is 5.82. The van der Waals surface area contributed by atoms with Crippen LogP contribution < -0.4 is 15.8 Å². The van der Waals surface area contributed by atoms with Crippen LogP contribution in [0.5, 0.6) is 5.75 Å². The number of aromatic nitrogens is 2. The van der Waals surface area contributed by atoms with Gasteiger partial charge in [0.25, 0.3) is 5.91 Å². The topological polar surface area (TPSA) is 115 Å². The first-order valence-corrected chi connectivity index (χ1v) is 12.2. The molecule has 0 aliphatic heterocycles. The van der Waals surface area contributed by atoms with Crippen molar-refractivity contribution >= 4 is 35.8 Å². The SMILES string of the molecule is CCOC(C(=O)NCc1ccc(C(=N)N)cc1)n1ccc(-c2cc(Cl)ccc2OCc2ccccc2)n1.Cl. The second-order valence-corrected chi connectivity index (χ2v) is 8.67. The number of amides is 1. The third kappa shape index (κ3) is 7.35. The van der Waals surface area contributed by atoms with Crippen LogP contribution in [0.25, 0.3) is 11.3 Å². The summed E-state index contributed by atoms with van der Waals surface area (Å²) in [6.45, 7) is 2.83. The van der Waals surface area contributed by atoms with Crippen LogP contribution in [0.4, 0.5) is 0 Å². The summed E-state index contributed by atoms with van der Waals surface area (Å²) >= 11 is 6.28. The van der Waals surface area contributed by atoms with Crippen molar-refractivity contribution in [2.75, 3.05) is 6.61 Å². The Morgan fingerprint density at radius 1 is 1.08 bits per heavy atom. The Morgan fingerprint density at radius 2 is 1.82 bits per heavy atom. The van der Waals surface area contributed by atoms with Crippen molar-refractivity contribution in [2.45, 2.75) is 26.3 Å². The van der Waals surface area contributed by atoms with E-state index in [1.54, 1.807) is 36.5 Å². The van der Waals surface area contributed by atoms with Crippen LogP contribution >= 0.6 is 24.0 Å². The summed E-state index contributed by atoms with van der Waals surface area (Å²) in [5, 5.41) is 15.5. The summed E-state index contributed by atoms with van der Waals surface area (Å²) in [6.07, 6.45) is 0.738. The Labute approximate surface area is 232 Å². The number of nitrogens with two attached hydrogens (primary N) is 1. The van der Waals surface area contributed by atoms with Gasteiger partial charge in [-0.25, -0.2) is 4.68 Å². The maximum Gasteiger partial charge on any atom is 0.272 e. The Balaban J connectivity index is 0.00000400. The molecule has 0 aliphatic rings. The highest BCUT2D eigenvalue weighted by molar-refractivity contribution is 6.31.